The molecule has 0 aliphatic heterocycles. The normalized spacial score (nSPS) is 12.8. The van der Waals surface area contributed by atoms with Gasteiger partial charge in [-0.25, -0.2) is 9.97 Å². The van der Waals surface area contributed by atoms with Crippen LogP contribution in [0.1, 0.15) is 37.0 Å². The maximum Gasteiger partial charge on any atom is 0.130 e. The predicted molar refractivity (Wildman–Crippen MR) is 57.6 cm³/mol. The van der Waals surface area contributed by atoms with Crippen molar-refractivity contribution in [3.63, 3.8) is 0 Å². The summed E-state index contributed by atoms with van der Waals surface area (Å²) in [6.07, 6.45) is 1.90. The van der Waals surface area contributed by atoms with E-state index < -0.39 is 6.10 Å². The minimum Gasteiger partial charge on any atom is -0.389 e. The molecular weight excluding hydrogens is 192 g/mol. The molecule has 1 aromatic rings. The maximum atomic E-state index is 9.40. The second-order valence-corrected chi connectivity index (χ2v) is 3.45. The molecule has 84 valence electrons. The summed E-state index contributed by atoms with van der Waals surface area (Å²) in [4.78, 5) is 8.50. The molecule has 0 spiro atoms. The van der Waals surface area contributed by atoms with Gasteiger partial charge in [-0.1, -0.05) is 0 Å². The Labute approximate surface area is 90.3 Å². The van der Waals surface area contributed by atoms with E-state index in [2.05, 4.69) is 9.97 Å². The van der Waals surface area contributed by atoms with Crippen molar-refractivity contribution in [1.29, 1.82) is 0 Å². The van der Waals surface area contributed by atoms with Crippen LogP contribution >= 0.6 is 0 Å². The van der Waals surface area contributed by atoms with Crippen LogP contribution in [0.2, 0.25) is 0 Å². The monoisotopic (exact) mass is 210 g/mol. The summed E-state index contributed by atoms with van der Waals surface area (Å²) in [5.74, 6) is 0.769. The Balaban J connectivity index is 2.65. The SMILES string of the molecule is CCOCCc1ncc(C(C)O)c(C)n1. The number of rotatable bonds is 5. The van der Waals surface area contributed by atoms with Gasteiger partial charge in [0.1, 0.15) is 5.82 Å². The molecule has 4 nitrogen and oxygen atoms in total. The van der Waals surface area contributed by atoms with Crippen LogP contribution in [0.15, 0.2) is 6.20 Å². The molecule has 1 rings (SSSR count). The van der Waals surface area contributed by atoms with Crippen LogP contribution in [-0.2, 0) is 11.2 Å². The molecule has 0 aliphatic rings. The van der Waals surface area contributed by atoms with Crippen LogP contribution < -0.4 is 0 Å². The van der Waals surface area contributed by atoms with Crippen molar-refractivity contribution >= 4 is 0 Å². The van der Waals surface area contributed by atoms with Gasteiger partial charge in [0.05, 0.1) is 12.7 Å². The van der Waals surface area contributed by atoms with Crippen LogP contribution in [0.3, 0.4) is 0 Å². The summed E-state index contributed by atoms with van der Waals surface area (Å²) < 4.78 is 5.23. The maximum absolute atomic E-state index is 9.40. The highest BCUT2D eigenvalue weighted by Crippen LogP contribution is 2.13. The van der Waals surface area contributed by atoms with Crippen LogP contribution in [-0.4, -0.2) is 28.3 Å². The second kappa shape index (κ2) is 5.78. The largest absolute Gasteiger partial charge is 0.389 e. The summed E-state index contributed by atoms with van der Waals surface area (Å²) in [7, 11) is 0. The van der Waals surface area contributed by atoms with E-state index in [1.807, 2.05) is 13.8 Å². The van der Waals surface area contributed by atoms with E-state index in [4.69, 9.17) is 4.74 Å². The van der Waals surface area contributed by atoms with Gasteiger partial charge in [0.2, 0.25) is 0 Å². The third-order valence-electron chi connectivity index (χ3n) is 2.19. The van der Waals surface area contributed by atoms with Crippen LogP contribution in [0.25, 0.3) is 0 Å². The number of nitrogens with zero attached hydrogens (tertiary/aromatic N) is 2. The molecule has 0 saturated heterocycles. The first-order chi connectivity index (χ1) is 7.15. The Hall–Kier alpha value is -1.00. The summed E-state index contributed by atoms with van der Waals surface area (Å²) in [5.41, 5.74) is 1.63. The van der Waals surface area contributed by atoms with Gasteiger partial charge < -0.3 is 9.84 Å². The fraction of sp³-hybridized carbons (Fsp3) is 0.636. The van der Waals surface area contributed by atoms with Crippen molar-refractivity contribution in [2.75, 3.05) is 13.2 Å². The van der Waals surface area contributed by atoms with Crippen molar-refractivity contribution in [3.8, 4) is 0 Å². The number of aliphatic hydroxyl groups is 1. The first-order valence-corrected chi connectivity index (χ1v) is 5.23. The molecule has 0 amide bonds. The number of aliphatic hydroxyl groups excluding tert-OH is 1. The molecule has 0 saturated carbocycles. The summed E-state index contributed by atoms with van der Waals surface area (Å²) in [6, 6.07) is 0. The van der Waals surface area contributed by atoms with Crippen molar-refractivity contribution in [1.82, 2.24) is 9.97 Å². The van der Waals surface area contributed by atoms with Crippen molar-refractivity contribution < 1.29 is 9.84 Å². The standard InChI is InChI=1S/C11H18N2O2/c1-4-15-6-5-11-12-7-10(9(3)14)8(2)13-11/h7,9,14H,4-6H2,1-3H3. The molecule has 0 fully saturated rings. The van der Waals surface area contributed by atoms with Gasteiger partial charge in [-0.3, -0.25) is 0 Å². The highest BCUT2D eigenvalue weighted by molar-refractivity contribution is 5.18. The second-order valence-electron chi connectivity index (χ2n) is 3.45. The van der Waals surface area contributed by atoms with Gasteiger partial charge in [-0.05, 0) is 20.8 Å². The zero-order chi connectivity index (χ0) is 11.3. The fourth-order valence-corrected chi connectivity index (χ4v) is 1.36. The predicted octanol–water partition coefficient (Wildman–Crippen LogP) is 1.42. The lowest BCUT2D eigenvalue weighted by atomic mass is 10.1. The quantitative estimate of drug-likeness (QED) is 0.747. The molecule has 1 unspecified atom stereocenters. The zero-order valence-corrected chi connectivity index (χ0v) is 9.53. The summed E-state index contributed by atoms with van der Waals surface area (Å²) >= 11 is 0. The lowest BCUT2D eigenvalue weighted by Gasteiger charge is -2.08. The van der Waals surface area contributed by atoms with Gasteiger partial charge in [0.25, 0.3) is 0 Å². The topological polar surface area (TPSA) is 55.2 Å². The molecule has 1 aromatic heterocycles. The number of ether oxygens (including phenoxy) is 1. The molecule has 0 aliphatic carbocycles. The van der Waals surface area contributed by atoms with Gasteiger partial charge in [-0.15, -0.1) is 0 Å². The lowest BCUT2D eigenvalue weighted by Crippen LogP contribution is -2.06. The number of hydrogen-bond acceptors (Lipinski definition) is 4. The number of aryl methyl sites for hydroxylation is 1. The van der Waals surface area contributed by atoms with Crippen molar-refractivity contribution in [3.05, 3.63) is 23.3 Å². The molecule has 1 N–H and O–H groups in total. The zero-order valence-electron chi connectivity index (χ0n) is 9.53. The van der Waals surface area contributed by atoms with Gasteiger partial charge in [0.15, 0.2) is 0 Å². The average molecular weight is 210 g/mol. The highest BCUT2D eigenvalue weighted by atomic mass is 16.5. The molecule has 0 aromatic carbocycles. The van der Waals surface area contributed by atoms with Crippen LogP contribution in [0, 0.1) is 6.92 Å². The molecule has 0 radical (unpaired) electrons. The third-order valence-corrected chi connectivity index (χ3v) is 2.19. The van der Waals surface area contributed by atoms with Crippen LogP contribution in [0.5, 0.6) is 0 Å². The first-order valence-electron chi connectivity index (χ1n) is 5.23. The van der Waals surface area contributed by atoms with Crippen LogP contribution in [0.4, 0.5) is 0 Å². The molecule has 4 heteroatoms. The van der Waals surface area contributed by atoms with E-state index in [0.717, 1.165) is 23.5 Å². The smallest absolute Gasteiger partial charge is 0.130 e. The summed E-state index contributed by atoms with van der Waals surface area (Å²) in [5, 5.41) is 9.40. The Morgan fingerprint density at radius 2 is 2.27 bits per heavy atom. The van der Waals surface area contributed by atoms with E-state index in [0.29, 0.717) is 13.2 Å². The highest BCUT2D eigenvalue weighted by Gasteiger charge is 2.07. The molecule has 15 heavy (non-hydrogen) atoms. The molecular formula is C11H18N2O2. The fourth-order valence-electron chi connectivity index (χ4n) is 1.36. The van der Waals surface area contributed by atoms with Crippen molar-refractivity contribution in [2.45, 2.75) is 33.3 Å². The minimum absolute atomic E-state index is 0.508. The Bertz CT molecular complexity index is 313. The van der Waals surface area contributed by atoms with E-state index in [-0.39, 0.29) is 0 Å². The number of aromatic nitrogens is 2. The first kappa shape index (κ1) is 12.1. The Kier molecular flexibility index (Phi) is 4.65. The average Bonchev–Trinajstić information content (AvgIpc) is 2.17. The van der Waals surface area contributed by atoms with Gasteiger partial charge >= 0.3 is 0 Å². The van der Waals surface area contributed by atoms with Gasteiger partial charge in [0, 0.05) is 30.5 Å². The van der Waals surface area contributed by atoms with E-state index >= 15 is 0 Å². The number of hydrogen-bond donors (Lipinski definition) is 1. The Morgan fingerprint density at radius 1 is 1.53 bits per heavy atom. The van der Waals surface area contributed by atoms with Crippen molar-refractivity contribution in [2.24, 2.45) is 0 Å². The van der Waals surface area contributed by atoms with E-state index in [1.54, 1.807) is 13.1 Å². The van der Waals surface area contributed by atoms with Gasteiger partial charge in [-0.2, -0.15) is 0 Å². The van der Waals surface area contributed by atoms with E-state index in [1.165, 1.54) is 0 Å². The lowest BCUT2D eigenvalue weighted by molar-refractivity contribution is 0.149. The Morgan fingerprint density at radius 3 is 2.80 bits per heavy atom. The molecule has 1 heterocycles. The minimum atomic E-state index is -0.508. The third kappa shape index (κ3) is 3.57. The summed E-state index contributed by atoms with van der Waals surface area (Å²) in [6.45, 7) is 6.91. The molecule has 0 bridgehead atoms. The van der Waals surface area contributed by atoms with E-state index in [9.17, 15) is 5.11 Å². The molecule has 1 atom stereocenters.